The Hall–Kier alpha value is -3.28. The Morgan fingerprint density at radius 3 is 2.52 bits per heavy atom. The maximum atomic E-state index is 13.0. The van der Waals surface area contributed by atoms with Gasteiger partial charge in [0.15, 0.2) is 0 Å². The number of para-hydroxylation sites is 1. The molecule has 0 saturated carbocycles. The van der Waals surface area contributed by atoms with Crippen LogP contribution in [0.15, 0.2) is 59.8 Å². The highest BCUT2D eigenvalue weighted by molar-refractivity contribution is 6.06. The first kappa shape index (κ1) is 17.1. The van der Waals surface area contributed by atoms with Crippen molar-refractivity contribution in [3.05, 3.63) is 65.4 Å². The Balaban J connectivity index is 1.86. The summed E-state index contributed by atoms with van der Waals surface area (Å²) in [6.45, 7) is 0.0809. The lowest BCUT2D eigenvalue weighted by atomic mass is 9.83. The molecule has 4 rings (SSSR count). The quantitative estimate of drug-likeness (QED) is 0.779. The summed E-state index contributed by atoms with van der Waals surface area (Å²) in [6.07, 6.45) is 0.145. The lowest BCUT2D eigenvalue weighted by molar-refractivity contribution is -0.136. The lowest BCUT2D eigenvalue weighted by Crippen LogP contribution is -2.37. The van der Waals surface area contributed by atoms with Crippen LogP contribution in [0.3, 0.4) is 0 Å². The Morgan fingerprint density at radius 1 is 1.04 bits per heavy atom. The molecule has 0 spiro atoms. The van der Waals surface area contributed by atoms with Gasteiger partial charge in [-0.05, 0) is 30.3 Å². The van der Waals surface area contributed by atoms with E-state index in [2.05, 4.69) is 0 Å². The molecule has 2 aliphatic heterocycles. The molecule has 27 heavy (non-hydrogen) atoms. The molecule has 0 bridgehead atoms. The van der Waals surface area contributed by atoms with Crippen molar-refractivity contribution in [3.63, 3.8) is 0 Å². The van der Waals surface area contributed by atoms with Crippen LogP contribution < -0.4 is 14.4 Å². The van der Waals surface area contributed by atoms with E-state index in [0.29, 0.717) is 22.8 Å². The minimum absolute atomic E-state index is 0.0809. The van der Waals surface area contributed by atoms with Crippen molar-refractivity contribution in [2.24, 2.45) is 0 Å². The van der Waals surface area contributed by atoms with E-state index in [9.17, 15) is 9.59 Å². The molecule has 6 nitrogen and oxygen atoms in total. The number of cyclic esters (lactones) is 1. The molecule has 2 heterocycles. The van der Waals surface area contributed by atoms with E-state index in [1.54, 1.807) is 31.3 Å². The first-order chi connectivity index (χ1) is 13.1. The fourth-order valence-corrected chi connectivity index (χ4v) is 3.71. The molecule has 0 unspecified atom stereocenters. The van der Waals surface area contributed by atoms with Crippen LogP contribution in [0.25, 0.3) is 0 Å². The minimum atomic E-state index is -0.437. The van der Waals surface area contributed by atoms with E-state index in [0.717, 1.165) is 11.3 Å². The number of carbonyl (C=O) groups excluding carboxylic acids is 2. The average molecular weight is 365 g/mol. The molecule has 0 fully saturated rings. The zero-order valence-electron chi connectivity index (χ0n) is 15.1. The number of carbonyl (C=O) groups is 2. The molecular formula is C21H19NO5. The molecule has 0 saturated heterocycles. The number of hydrogen-bond donors (Lipinski definition) is 0. The van der Waals surface area contributed by atoms with Gasteiger partial charge in [0.1, 0.15) is 18.1 Å². The number of amides is 1. The van der Waals surface area contributed by atoms with Crippen molar-refractivity contribution in [3.8, 4) is 11.5 Å². The summed E-state index contributed by atoms with van der Waals surface area (Å²) in [5.74, 6) is 0.319. The Kier molecular flexibility index (Phi) is 4.32. The van der Waals surface area contributed by atoms with Crippen LogP contribution >= 0.6 is 0 Å². The van der Waals surface area contributed by atoms with Gasteiger partial charge in [-0.25, -0.2) is 4.79 Å². The van der Waals surface area contributed by atoms with E-state index < -0.39 is 11.9 Å². The number of ether oxygens (including phenoxy) is 3. The third kappa shape index (κ3) is 2.83. The molecule has 138 valence electrons. The van der Waals surface area contributed by atoms with Crippen molar-refractivity contribution in [2.75, 3.05) is 25.7 Å². The van der Waals surface area contributed by atoms with Crippen LogP contribution in [0.5, 0.6) is 11.5 Å². The van der Waals surface area contributed by atoms with Gasteiger partial charge in [-0.3, -0.25) is 9.69 Å². The van der Waals surface area contributed by atoms with Crippen molar-refractivity contribution in [2.45, 2.75) is 12.3 Å². The summed E-state index contributed by atoms with van der Waals surface area (Å²) in [7, 11) is 3.14. The fraction of sp³-hybridized carbons (Fsp3) is 0.238. The van der Waals surface area contributed by atoms with E-state index >= 15 is 0 Å². The molecule has 1 atom stereocenters. The predicted molar refractivity (Wildman–Crippen MR) is 98.8 cm³/mol. The summed E-state index contributed by atoms with van der Waals surface area (Å²) < 4.78 is 16.1. The van der Waals surface area contributed by atoms with Crippen molar-refractivity contribution < 1.29 is 23.8 Å². The Bertz CT molecular complexity index is 935. The molecule has 0 N–H and O–H groups in total. The molecular weight excluding hydrogens is 346 g/mol. The van der Waals surface area contributed by atoms with Gasteiger partial charge in [-0.1, -0.05) is 18.2 Å². The molecule has 6 heteroatoms. The van der Waals surface area contributed by atoms with Crippen molar-refractivity contribution in [1.82, 2.24) is 0 Å². The summed E-state index contributed by atoms with van der Waals surface area (Å²) in [5.41, 5.74) is 2.57. The van der Waals surface area contributed by atoms with Gasteiger partial charge in [-0.15, -0.1) is 0 Å². The summed E-state index contributed by atoms with van der Waals surface area (Å²) in [5, 5.41) is 0. The molecule has 2 aromatic carbocycles. The number of benzene rings is 2. The fourth-order valence-electron chi connectivity index (χ4n) is 3.71. The second kappa shape index (κ2) is 6.79. The SMILES string of the molecule is COc1ccc(OC)c([C@@H]2CC(=O)N(c3ccccc3)C3=C2C(=O)OC3)c1. The van der Waals surface area contributed by atoms with Crippen molar-refractivity contribution in [1.29, 1.82) is 0 Å². The standard InChI is InChI=1S/C21H19NO5/c1-25-14-8-9-18(26-2)15(10-14)16-11-19(23)22(13-6-4-3-5-7-13)17-12-27-21(24)20(16)17/h3-10,16H,11-12H2,1-2H3/t16-/m0/s1. The van der Waals surface area contributed by atoms with Gasteiger partial charge in [0, 0.05) is 23.6 Å². The summed E-state index contributed by atoms with van der Waals surface area (Å²) >= 11 is 0. The summed E-state index contributed by atoms with van der Waals surface area (Å²) in [6, 6.07) is 14.7. The highest BCUT2D eigenvalue weighted by Gasteiger charge is 2.43. The monoisotopic (exact) mass is 365 g/mol. The van der Waals surface area contributed by atoms with E-state index in [1.807, 2.05) is 36.4 Å². The van der Waals surface area contributed by atoms with Gasteiger partial charge < -0.3 is 14.2 Å². The van der Waals surface area contributed by atoms with Gasteiger partial charge in [0.2, 0.25) is 5.91 Å². The predicted octanol–water partition coefficient (Wildman–Crippen LogP) is 3.04. The smallest absolute Gasteiger partial charge is 0.336 e. The first-order valence-corrected chi connectivity index (χ1v) is 8.64. The first-order valence-electron chi connectivity index (χ1n) is 8.64. The number of esters is 1. The summed E-state index contributed by atoms with van der Waals surface area (Å²) in [4.78, 5) is 27.2. The van der Waals surface area contributed by atoms with Crippen LogP contribution in [0.4, 0.5) is 5.69 Å². The minimum Gasteiger partial charge on any atom is -0.497 e. The van der Waals surface area contributed by atoms with Gasteiger partial charge in [-0.2, -0.15) is 0 Å². The molecule has 2 aromatic rings. The van der Waals surface area contributed by atoms with Crippen LogP contribution in [0, 0.1) is 0 Å². The molecule has 0 radical (unpaired) electrons. The maximum absolute atomic E-state index is 13.0. The highest BCUT2D eigenvalue weighted by Crippen LogP contribution is 2.45. The zero-order chi connectivity index (χ0) is 19.0. The van der Waals surface area contributed by atoms with Crippen LogP contribution in [0.2, 0.25) is 0 Å². The lowest BCUT2D eigenvalue weighted by Gasteiger charge is -2.32. The van der Waals surface area contributed by atoms with Crippen molar-refractivity contribution >= 4 is 17.6 Å². The zero-order valence-corrected chi connectivity index (χ0v) is 15.1. The second-order valence-electron chi connectivity index (χ2n) is 6.37. The van der Waals surface area contributed by atoms with Gasteiger partial charge in [0.05, 0.1) is 25.5 Å². The van der Waals surface area contributed by atoms with E-state index in [-0.39, 0.29) is 18.9 Å². The normalized spacial score (nSPS) is 19.0. The van der Waals surface area contributed by atoms with Gasteiger partial charge in [0.25, 0.3) is 0 Å². The molecule has 2 aliphatic rings. The Labute approximate surface area is 156 Å². The van der Waals surface area contributed by atoms with Crippen LogP contribution in [0.1, 0.15) is 17.9 Å². The molecule has 0 aromatic heterocycles. The highest BCUT2D eigenvalue weighted by atomic mass is 16.5. The van der Waals surface area contributed by atoms with Crippen LogP contribution in [-0.4, -0.2) is 32.7 Å². The molecule has 1 amide bonds. The molecule has 0 aliphatic carbocycles. The van der Waals surface area contributed by atoms with Gasteiger partial charge >= 0.3 is 5.97 Å². The number of hydrogen-bond acceptors (Lipinski definition) is 5. The largest absolute Gasteiger partial charge is 0.497 e. The number of methoxy groups -OCH3 is 2. The van der Waals surface area contributed by atoms with Crippen LogP contribution in [-0.2, 0) is 14.3 Å². The third-order valence-corrected chi connectivity index (χ3v) is 4.94. The number of anilines is 1. The average Bonchev–Trinajstić information content (AvgIpc) is 3.09. The third-order valence-electron chi connectivity index (χ3n) is 4.94. The number of nitrogens with zero attached hydrogens (tertiary/aromatic N) is 1. The Morgan fingerprint density at radius 2 is 1.81 bits per heavy atom. The topological polar surface area (TPSA) is 65.1 Å². The number of rotatable bonds is 4. The second-order valence-corrected chi connectivity index (χ2v) is 6.37. The maximum Gasteiger partial charge on any atom is 0.336 e. The van der Waals surface area contributed by atoms with E-state index in [4.69, 9.17) is 14.2 Å². The van der Waals surface area contributed by atoms with E-state index in [1.165, 1.54) is 0 Å².